The van der Waals surface area contributed by atoms with Crippen molar-refractivity contribution in [3.05, 3.63) is 94.0 Å². The fraction of sp³-hybridized carbons (Fsp3) is 0.367. The third-order valence-electron chi connectivity index (χ3n) is 6.31. The zero-order valence-electron chi connectivity index (χ0n) is 20.6. The lowest BCUT2D eigenvalue weighted by molar-refractivity contribution is -0.156. The molecule has 4 heteroatoms. The molecule has 0 heterocycles. The van der Waals surface area contributed by atoms with E-state index in [-0.39, 0.29) is 12.1 Å². The number of benzene rings is 3. The van der Waals surface area contributed by atoms with Crippen LogP contribution in [0.15, 0.2) is 60.7 Å². The molecule has 1 aliphatic carbocycles. The highest BCUT2D eigenvalue weighted by Gasteiger charge is 2.29. The molecule has 34 heavy (non-hydrogen) atoms. The number of hydrogen-bond acceptors (Lipinski definition) is 4. The Kier molecular flexibility index (Phi) is 7.81. The van der Waals surface area contributed by atoms with Crippen LogP contribution >= 0.6 is 0 Å². The van der Waals surface area contributed by atoms with E-state index in [0.29, 0.717) is 26.2 Å². The van der Waals surface area contributed by atoms with Crippen LogP contribution in [0.25, 0.3) is 11.1 Å². The summed E-state index contributed by atoms with van der Waals surface area (Å²) >= 11 is 0. The molecule has 0 fully saturated rings. The van der Waals surface area contributed by atoms with Crippen LogP contribution in [0, 0.1) is 13.8 Å². The number of carbonyl (C=O) groups is 1. The van der Waals surface area contributed by atoms with Gasteiger partial charge in [-0.15, -0.1) is 0 Å². The van der Waals surface area contributed by atoms with Crippen molar-refractivity contribution < 1.29 is 19.0 Å². The second-order valence-corrected chi connectivity index (χ2v) is 8.90. The van der Waals surface area contributed by atoms with E-state index in [9.17, 15) is 4.79 Å². The lowest BCUT2D eigenvalue weighted by Crippen LogP contribution is -2.29. The van der Waals surface area contributed by atoms with E-state index in [4.69, 9.17) is 14.2 Å². The van der Waals surface area contributed by atoms with Crippen molar-refractivity contribution in [1.29, 1.82) is 0 Å². The molecule has 0 saturated carbocycles. The predicted molar refractivity (Wildman–Crippen MR) is 135 cm³/mol. The standard InChI is InChI=1S/C30H34O4/c1-5-32-28(30(31)33-6-2)19-23-11-9-22(10-12-23)15-16-34-29-25-14-8-20(3)17-26(25)24-13-7-21(4)18-27(24)29/h7-14,17-18,28-29H,5-6,15-16,19H2,1-4H3. The lowest BCUT2D eigenvalue weighted by atomic mass is 10.0. The minimum absolute atomic E-state index is 0.0266. The average Bonchev–Trinajstić information content (AvgIpc) is 3.12. The van der Waals surface area contributed by atoms with E-state index in [1.54, 1.807) is 0 Å². The zero-order valence-corrected chi connectivity index (χ0v) is 20.6. The normalized spacial score (nSPS) is 15.0. The summed E-state index contributed by atoms with van der Waals surface area (Å²) in [6, 6.07) is 21.6. The Morgan fingerprint density at radius 2 is 1.53 bits per heavy atom. The van der Waals surface area contributed by atoms with Gasteiger partial charge < -0.3 is 14.2 Å². The minimum Gasteiger partial charge on any atom is -0.464 e. The molecule has 3 aromatic carbocycles. The first kappa shape index (κ1) is 24.2. The third-order valence-corrected chi connectivity index (χ3v) is 6.31. The molecule has 0 bridgehead atoms. The maximum absolute atomic E-state index is 12.1. The number of carbonyl (C=O) groups excluding carboxylic acids is 1. The van der Waals surface area contributed by atoms with E-state index in [1.165, 1.54) is 38.9 Å². The first-order valence-electron chi connectivity index (χ1n) is 12.2. The van der Waals surface area contributed by atoms with Gasteiger partial charge in [-0.3, -0.25) is 0 Å². The van der Waals surface area contributed by atoms with E-state index < -0.39 is 6.10 Å². The van der Waals surface area contributed by atoms with Crippen LogP contribution in [0.3, 0.4) is 0 Å². The quantitative estimate of drug-likeness (QED) is 0.342. The largest absolute Gasteiger partial charge is 0.464 e. The Balaban J connectivity index is 1.39. The smallest absolute Gasteiger partial charge is 0.335 e. The summed E-state index contributed by atoms with van der Waals surface area (Å²) in [5.74, 6) is -0.301. The highest BCUT2D eigenvalue weighted by atomic mass is 16.6. The second kappa shape index (κ2) is 11.0. The SMILES string of the molecule is CCOC(=O)C(Cc1ccc(CCOC2c3ccc(C)cc3-c3ccc(C)cc32)cc1)OCC. The van der Waals surface area contributed by atoms with Crippen molar-refractivity contribution in [2.24, 2.45) is 0 Å². The predicted octanol–water partition coefficient (Wildman–Crippen LogP) is 6.14. The molecular formula is C30H34O4. The molecule has 0 aromatic heterocycles. The molecule has 1 aliphatic rings. The van der Waals surface area contributed by atoms with Crippen molar-refractivity contribution in [2.45, 2.75) is 52.7 Å². The van der Waals surface area contributed by atoms with Crippen molar-refractivity contribution in [3.8, 4) is 11.1 Å². The molecule has 0 spiro atoms. The fourth-order valence-electron chi connectivity index (χ4n) is 4.62. The molecule has 0 saturated heterocycles. The van der Waals surface area contributed by atoms with Gasteiger partial charge in [0.05, 0.1) is 13.2 Å². The molecule has 0 aliphatic heterocycles. The molecule has 3 aromatic rings. The van der Waals surface area contributed by atoms with E-state index in [0.717, 1.165) is 12.0 Å². The van der Waals surface area contributed by atoms with Gasteiger partial charge in [-0.05, 0) is 67.5 Å². The van der Waals surface area contributed by atoms with Crippen molar-refractivity contribution in [3.63, 3.8) is 0 Å². The van der Waals surface area contributed by atoms with Crippen molar-refractivity contribution in [2.75, 3.05) is 19.8 Å². The van der Waals surface area contributed by atoms with Gasteiger partial charge in [0.1, 0.15) is 6.10 Å². The molecule has 4 rings (SSSR count). The van der Waals surface area contributed by atoms with Crippen molar-refractivity contribution >= 4 is 5.97 Å². The van der Waals surface area contributed by atoms with Crippen LogP contribution in [0.2, 0.25) is 0 Å². The molecule has 0 N–H and O–H groups in total. The molecule has 2 atom stereocenters. The topological polar surface area (TPSA) is 44.8 Å². The Hall–Kier alpha value is -2.95. The maximum Gasteiger partial charge on any atom is 0.335 e. The van der Waals surface area contributed by atoms with Crippen LogP contribution in [0.4, 0.5) is 0 Å². The Morgan fingerprint density at radius 1 is 0.824 bits per heavy atom. The van der Waals surface area contributed by atoms with Gasteiger partial charge in [0, 0.05) is 13.0 Å². The summed E-state index contributed by atoms with van der Waals surface area (Å²) in [6.45, 7) is 9.43. The number of rotatable bonds is 10. The van der Waals surface area contributed by atoms with Crippen molar-refractivity contribution in [1.82, 2.24) is 0 Å². The second-order valence-electron chi connectivity index (χ2n) is 8.90. The number of ether oxygens (including phenoxy) is 3. The average molecular weight is 459 g/mol. The summed E-state index contributed by atoms with van der Waals surface area (Å²) in [6.07, 6.45) is 0.749. The maximum atomic E-state index is 12.1. The first-order chi connectivity index (χ1) is 16.5. The Labute approximate surface area is 202 Å². The first-order valence-corrected chi connectivity index (χ1v) is 12.2. The summed E-state index contributed by atoms with van der Waals surface area (Å²) in [5, 5.41) is 0. The summed E-state index contributed by atoms with van der Waals surface area (Å²) in [4.78, 5) is 12.1. The number of fused-ring (bicyclic) bond motifs is 3. The summed E-state index contributed by atoms with van der Waals surface area (Å²) in [7, 11) is 0. The summed E-state index contributed by atoms with van der Waals surface area (Å²) in [5.41, 5.74) is 9.86. The van der Waals surface area contributed by atoms with Crippen LogP contribution in [0.5, 0.6) is 0 Å². The number of aryl methyl sites for hydroxylation is 2. The van der Waals surface area contributed by atoms with E-state index in [1.807, 2.05) is 13.8 Å². The van der Waals surface area contributed by atoms with Crippen LogP contribution in [0.1, 0.15) is 53.3 Å². The van der Waals surface area contributed by atoms with Gasteiger partial charge >= 0.3 is 5.97 Å². The molecule has 2 unspecified atom stereocenters. The fourth-order valence-corrected chi connectivity index (χ4v) is 4.62. The van der Waals surface area contributed by atoms with Crippen LogP contribution < -0.4 is 0 Å². The molecular weight excluding hydrogens is 424 g/mol. The Morgan fingerprint density at radius 3 is 2.26 bits per heavy atom. The molecule has 178 valence electrons. The van der Waals surface area contributed by atoms with Gasteiger partial charge in [0.25, 0.3) is 0 Å². The molecule has 0 radical (unpaired) electrons. The summed E-state index contributed by atoms with van der Waals surface area (Å²) < 4.78 is 17.2. The van der Waals surface area contributed by atoms with Gasteiger partial charge in [-0.1, -0.05) is 71.8 Å². The monoisotopic (exact) mass is 458 g/mol. The zero-order chi connectivity index (χ0) is 24.1. The molecule has 4 nitrogen and oxygen atoms in total. The van der Waals surface area contributed by atoms with E-state index >= 15 is 0 Å². The van der Waals surface area contributed by atoms with Gasteiger partial charge in [0.2, 0.25) is 0 Å². The highest BCUT2D eigenvalue weighted by Crippen LogP contribution is 2.46. The minimum atomic E-state index is -0.561. The van der Waals surface area contributed by atoms with Gasteiger partial charge in [-0.25, -0.2) is 4.79 Å². The van der Waals surface area contributed by atoms with Gasteiger partial charge in [0.15, 0.2) is 6.10 Å². The van der Waals surface area contributed by atoms with Crippen LogP contribution in [-0.2, 0) is 31.8 Å². The van der Waals surface area contributed by atoms with Gasteiger partial charge in [-0.2, -0.15) is 0 Å². The lowest BCUT2D eigenvalue weighted by Gasteiger charge is -2.17. The Bertz CT molecular complexity index is 1130. The van der Waals surface area contributed by atoms with E-state index in [2.05, 4.69) is 74.5 Å². The number of hydrogen-bond donors (Lipinski definition) is 0. The highest BCUT2D eigenvalue weighted by molar-refractivity contribution is 5.79. The molecule has 0 amide bonds. The van der Waals surface area contributed by atoms with Crippen LogP contribution in [-0.4, -0.2) is 31.9 Å². The number of esters is 1. The third kappa shape index (κ3) is 5.40.